The zero-order chi connectivity index (χ0) is 16.2. The number of benzene rings is 1. The predicted molar refractivity (Wildman–Crippen MR) is 89.8 cm³/mol. The molecule has 1 heterocycles. The molecule has 1 aromatic carbocycles. The number of nitrogens with zero attached hydrogens (tertiary/aromatic N) is 2. The SMILES string of the molecule is CCCn1nc(C(=O)Nc2cccc3c2CCCC3)ccc1=O. The molecule has 0 saturated carbocycles. The molecule has 120 valence electrons. The Labute approximate surface area is 135 Å². The van der Waals surface area contributed by atoms with E-state index in [2.05, 4.69) is 16.5 Å². The van der Waals surface area contributed by atoms with Gasteiger partial charge >= 0.3 is 0 Å². The van der Waals surface area contributed by atoms with Crippen LogP contribution in [0, 0.1) is 0 Å². The van der Waals surface area contributed by atoms with Gasteiger partial charge in [-0.15, -0.1) is 0 Å². The van der Waals surface area contributed by atoms with Crippen molar-refractivity contribution in [2.24, 2.45) is 0 Å². The van der Waals surface area contributed by atoms with E-state index in [0.717, 1.165) is 31.4 Å². The van der Waals surface area contributed by atoms with Crippen LogP contribution in [0.15, 0.2) is 35.1 Å². The first kappa shape index (κ1) is 15.5. The molecule has 1 aliphatic rings. The first-order valence-electron chi connectivity index (χ1n) is 8.19. The zero-order valence-corrected chi connectivity index (χ0v) is 13.3. The normalized spacial score (nSPS) is 13.4. The molecule has 0 bridgehead atoms. The van der Waals surface area contributed by atoms with E-state index in [9.17, 15) is 9.59 Å². The average molecular weight is 311 g/mol. The number of hydrogen-bond acceptors (Lipinski definition) is 3. The van der Waals surface area contributed by atoms with E-state index < -0.39 is 0 Å². The quantitative estimate of drug-likeness (QED) is 0.944. The van der Waals surface area contributed by atoms with Crippen molar-refractivity contribution in [2.75, 3.05) is 5.32 Å². The Morgan fingerprint density at radius 2 is 2.04 bits per heavy atom. The van der Waals surface area contributed by atoms with Crippen LogP contribution in [0.2, 0.25) is 0 Å². The summed E-state index contributed by atoms with van der Waals surface area (Å²) in [5.74, 6) is -0.270. The number of amides is 1. The van der Waals surface area contributed by atoms with Crippen molar-refractivity contribution >= 4 is 11.6 Å². The summed E-state index contributed by atoms with van der Waals surface area (Å²) >= 11 is 0. The van der Waals surface area contributed by atoms with Crippen LogP contribution in [0.25, 0.3) is 0 Å². The predicted octanol–water partition coefficient (Wildman–Crippen LogP) is 2.78. The van der Waals surface area contributed by atoms with Gasteiger partial charge in [-0.25, -0.2) is 4.68 Å². The summed E-state index contributed by atoms with van der Waals surface area (Å²) in [6.45, 7) is 2.48. The fourth-order valence-corrected chi connectivity index (χ4v) is 3.03. The van der Waals surface area contributed by atoms with E-state index in [1.165, 1.54) is 34.4 Å². The van der Waals surface area contributed by atoms with Crippen LogP contribution in [-0.2, 0) is 19.4 Å². The lowest BCUT2D eigenvalue weighted by atomic mass is 9.90. The molecular weight excluding hydrogens is 290 g/mol. The van der Waals surface area contributed by atoms with E-state index in [-0.39, 0.29) is 17.2 Å². The Morgan fingerprint density at radius 3 is 2.87 bits per heavy atom. The van der Waals surface area contributed by atoms with E-state index >= 15 is 0 Å². The van der Waals surface area contributed by atoms with Crippen LogP contribution in [0.1, 0.15) is 47.8 Å². The van der Waals surface area contributed by atoms with Gasteiger partial charge in [-0.3, -0.25) is 9.59 Å². The Bertz CT molecular complexity index is 780. The third kappa shape index (κ3) is 3.33. The number of hydrogen-bond donors (Lipinski definition) is 1. The van der Waals surface area contributed by atoms with Gasteiger partial charge in [0.1, 0.15) is 5.69 Å². The number of nitrogens with one attached hydrogen (secondary N) is 1. The zero-order valence-electron chi connectivity index (χ0n) is 13.3. The van der Waals surface area contributed by atoms with Crippen molar-refractivity contribution in [3.05, 3.63) is 57.5 Å². The molecule has 0 radical (unpaired) electrons. The monoisotopic (exact) mass is 311 g/mol. The summed E-state index contributed by atoms with van der Waals surface area (Å²) < 4.78 is 1.34. The van der Waals surface area contributed by atoms with Crippen LogP contribution >= 0.6 is 0 Å². The number of rotatable bonds is 4. The molecule has 23 heavy (non-hydrogen) atoms. The molecule has 0 saturated heterocycles. The first-order chi connectivity index (χ1) is 11.2. The molecule has 0 fully saturated rings. The number of aromatic nitrogens is 2. The van der Waals surface area contributed by atoms with E-state index in [1.54, 1.807) is 0 Å². The van der Waals surface area contributed by atoms with Gasteiger partial charge in [0.15, 0.2) is 0 Å². The second kappa shape index (κ2) is 6.77. The molecule has 0 aliphatic heterocycles. The molecule has 0 spiro atoms. The van der Waals surface area contributed by atoms with Crippen LogP contribution < -0.4 is 10.9 Å². The summed E-state index contributed by atoms with van der Waals surface area (Å²) in [5, 5.41) is 7.12. The highest BCUT2D eigenvalue weighted by Crippen LogP contribution is 2.28. The number of fused-ring (bicyclic) bond motifs is 1. The second-order valence-corrected chi connectivity index (χ2v) is 5.88. The van der Waals surface area contributed by atoms with Crippen molar-refractivity contribution in [3.63, 3.8) is 0 Å². The lowest BCUT2D eigenvalue weighted by molar-refractivity contribution is 0.101. The van der Waals surface area contributed by atoms with E-state index in [4.69, 9.17) is 0 Å². The molecule has 1 amide bonds. The van der Waals surface area contributed by atoms with Crippen molar-refractivity contribution in [1.82, 2.24) is 9.78 Å². The second-order valence-electron chi connectivity index (χ2n) is 5.88. The third-order valence-electron chi connectivity index (χ3n) is 4.18. The summed E-state index contributed by atoms with van der Waals surface area (Å²) in [6.07, 6.45) is 5.21. The van der Waals surface area contributed by atoms with Crippen molar-refractivity contribution in [2.45, 2.75) is 45.6 Å². The number of carbonyl (C=O) groups excluding carboxylic acids is 1. The Morgan fingerprint density at radius 1 is 1.22 bits per heavy atom. The van der Waals surface area contributed by atoms with Gasteiger partial charge < -0.3 is 5.32 Å². The van der Waals surface area contributed by atoms with Crippen LogP contribution in [-0.4, -0.2) is 15.7 Å². The third-order valence-corrected chi connectivity index (χ3v) is 4.18. The van der Waals surface area contributed by atoms with Gasteiger partial charge in [0, 0.05) is 18.3 Å². The van der Waals surface area contributed by atoms with Gasteiger partial charge in [-0.2, -0.15) is 5.10 Å². The molecule has 5 nitrogen and oxygen atoms in total. The Kier molecular flexibility index (Phi) is 4.55. The molecule has 5 heteroatoms. The van der Waals surface area contributed by atoms with E-state index in [0.29, 0.717) is 6.54 Å². The largest absolute Gasteiger partial charge is 0.320 e. The summed E-state index contributed by atoms with van der Waals surface area (Å²) in [6, 6.07) is 8.93. The number of carbonyl (C=O) groups is 1. The maximum absolute atomic E-state index is 12.5. The summed E-state index contributed by atoms with van der Waals surface area (Å²) in [7, 11) is 0. The number of anilines is 1. The van der Waals surface area contributed by atoms with Gasteiger partial charge in [0.2, 0.25) is 0 Å². The van der Waals surface area contributed by atoms with Gasteiger partial charge in [-0.05, 0) is 55.4 Å². The molecule has 1 aliphatic carbocycles. The fourth-order valence-electron chi connectivity index (χ4n) is 3.03. The lowest BCUT2D eigenvalue weighted by Crippen LogP contribution is -2.26. The fraction of sp³-hybridized carbons (Fsp3) is 0.389. The Hall–Kier alpha value is -2.43. The van der Waals surface area contributed by atoms with E-state index in [1.807, 2.05) is 19.1 Å². The highest BCUT2D eigenvalue weighted by atomic mass is 16.2. The lowest BCUT2D eigenvalue weighted by Gasteiger charge is -2.19. The molecule has 1 aromatic heterocycles. The molecular formula is C18H21N3O2. The summed E-state index contributed by atoms with van der Waals surface area (Å²) in [4.78, 5) is 24.2. The minimum absolute atomic E-state index is 0.180. The molecule has 1 N–H and O–H groups in total. The van der Waals surface area contributed by atoms with Crippen molar-refractivity contribution < 1.29 is 4.79 Å². The van der Waals surface area contributed by atoms with Gasteiger partial charge in [-0.1, -0.05) is 19.1 Å². The highest BCUT2D eigenvalue weighted by molar-refractivity contribution is 6.03. The van der Waals surface area contributed by atoms with Gasteiger partial charge in [0.05, 0.1) is 0 Å². The highest BCUT2D eigenvalue weighted by Gasteiger charge is 2.16. The van der Waals surface area contributed by atoms with Gasteiger partial charge in [0.25, 0.3) is 11.5 Å². The maximum Gasteiger partial charge on any atom is 0.276 e. The first-order valence-corrected chi connectivity index (χ1v) is 8.19. The van der Waals surface area contributed by atoms with Crippen LogP contribution in [0.4, 0.5) is 5.69 Å². The summed E-state index contributed by atoms with van der Waals surface area (Å²) in [5.41, 5.74) is 3.50. The smallest absolute Gasteiger partial charge is 0.276 e. The van der Waals surface area contributed by atoms with Crippen LogP contribution in [0.3, 0.4) is 0 Å². The van der Waals surface area contributed by atoms with Crippen molar-refractivity contribution in [3.8, 4) is 0 Å². The molecule has 3 rings (SSSR count). The minimum Gasteiger partial charge on any atom is -0.320 e. The topological polar surface area (TPSA) is 64.0 Å². The van der Waals surface area contributed by atoms with Crippen LogP contribution in [0.5, 0.6) is 0 Å². The van der Waals surface area contributed by atoms with Crippen molar-refractivity contribution in [1.29, 1.82) is 0 Å². The Balaban J connectivity index is 1.85. The molecule has 0 atom stereocenters. The number of aryl methyl sites for hydroxylation is 2. The molecule has 2 aromatic rings. The average Bonchev–Trinajstić information content (AvgIpc) is 2.57. The maximum atomic E-state index is 12.5. The molecule has 0 unspecified atom stereocenters. The standard InChI is InChI=1S/C18H21N3O2/c1-2-12-21-17(22)11-10-16(20-21)18(23)19-15-9-5-7-13-6-3-4-8-14(13)15/h5,7,9-11H,2-4,6,8,12H2,1H3,(H,19,23). The minimum atomic E-state index is -0.270.